The Morgan fingerprint density at radius 1 is 1.38 bits per heavy atom. The van der Waals surface area contributed by atoms with Crippen LogP contribution in [-0.2, 0) is 11.2 Å². The number of ether oxygens (including phenoxy) is 2. The molecule has 1 N–H and O–H groups in total. The van der Waals surface area contributed by atoms with Crippen molar-refractivity contribution in [1.29, 1.82) is 0 Å². The van der Waals surface area contributed by atoms with Crippen molar-refractivity contribution in [3.8, 4) is 5.75 Å². The molecule has 6 nitrogen and oxygen atoms in total. The van der Waals surface area contributed by atoms with Crippen molar-refractivity contribution in [1.82, 2.24) is 9.88 Å². The minimum Gasteiger partial charge on any atom is -0.497 e. The first-order valence-corrected chi connectivity index (χ1v) is 8.45. The third-order valence-corrected chi connectivity index (χ3v) is 4.47. The predicted molar refractivity (Wildman–Crippen MR) is 92.1 cm³/mol. The number of carbonyl (C=O) groups is 1. The molecule has 0 spiro atoms. The number of carbonyl (C=O) groups excluding carboxylic acids is 1. The number of halogens is 1. The number of benzene rings is 1. The lowest BCUT2D eigenvalue weighted by Crippen LogP contribution is -2.37. The topological polar surface area (TPSA) is 71.9 Å². The van der Waals surface area contributed by atoms with Gasteiger partial charge >= 0.3 is 6.09 Å². The molecule has 1 saturated heterocycles. The van der Waals surface area contributed by atoms with Gasteiger partial charge in [0, 0.05) is 24.3 Å². The van der Waals surface area contributed by atoms with E-state index in [-0.39, 0.29) is 11.6 Å². The third-order valence-electron chi connectivity index (χ3n) is 4.47. The molecule has 7 heteroatoms. The second-order valence-corrected chi connectivity index (χ2v) is 6.21. The summed E-state index contributed by atoms with van der Waals surface area (Å²) in [4.78, 5) is 17.7. The van der Waals surface area contributed by atoms with Gasteiger partial charge in [-0.3, -0.25) is 4.98 Å². The molecule has 1 aliphatic rings. The first-order chi connectivity index (χ1) is 12.6. The average molecular weight is 360 g/mol. The van der Waals surface area contributed by atoms with Gasteiger partial charge in [0.15, 0.2) is 0 Å². The van der Waals surface area contributed by atoms with Gasteiger partial charge in [0.05, 0.1) is 13.3 Å². The van der Waals surface area contributed by atoms with Gasteiger partial charge in [-0.15, -0.1) is 0 Å². The Morgan fingerprint density at radius 3 is 2.85 bits per heavy atom. The molecule has 2 aromatic rings. The fraction of sp³-hybridized carbons (Fsp3) is 0.368. The monoisotopic (exact) mass is 360 g/mol. The standard InChI is InChI=1S/C19H21FN2O4/c1-25-17-6-4-13(5-7-17)9-16-3-2-8-22(16)19(24)26-18(23)14-10-15(20)12-21-11-14/h4-7,10-12,16,18,23H,2-3,8-9H2,1H3/t16?,18-/m1/s1. The van der Waals surface area contributed by atoms with Crippen LogP contribution in [0.5, 0.6) is 5.75 Å². The predicted octanol–water partition coefficient (Wildman–Crippen LogP) is 3.06. The molecule has 138 valence electrons. The van der Waals surface area contributed by atoms with E-state index in [2.05, 4.69) is 4.98 Å². The summed E-state index contributed by atoms with van der Waals surface area (Å²) in [6, 6.07) is 8.78. The summed E-state index contributed by atoms with van der Waals surface area (Å²) in [5, 5.41) is 10.0. The summed E-state index contributed by atoms with van der Waals surface area (Å²) in [5.41, 5.74) is 1.19. The fourth-order valence-corrected chi connectivity index (χ4v) is 3.12. The number of nitrogens with zero attached hydrogens (tertiary/aromatic N) is 2. The molecule has 0 bridgehead atoms. The van der Waals surface area contributed by atoms with E-state index < -0.39 is 18.2 Å². The van der Waals surface area contributed by atoms with E-state index >= 15 is 0 Å². The van der Waals surface area contributed by atoms with Gasteiger partial charge in [-0.05, 0) is 43.0 Å². The third kappa shape index (κ3) is 4.29. The van der Waals surface area contributed by atoms with Crippen LogP contribution in [0.1, 0.15) is 30.3 Å². The summed E-state index contributed by atoms with van der Waals surface area (Å²) in [7, 11) is 1.61. The maximum atomic E-state index is 13.2. The molecule has 1 fully saturated rings. The minimum absolute atomic E-state index is 0.00581. The van der Waals surface area contributed by atoms with Gasteiger partial charge in [-0.25, -0.2) is 9.18 Å². The molecule has 1 aliphatic heterocycles. The molecule has 1 amide bonds. The molecule has 0 aliphatic carbocycles. The van der Waals surface area contributed by atoms with E-state index in [9.17, 15) is 14.3 Å². The van der Waals surface area contributed by atoms with Gasteiger partial charge in [-0.1, -0.05) is 12.1 Å². The largest absolute Gasteiger partial charge is 0.497 e. The molecular formula is C19H21FN2O4. The van der Waals surface area contributed by atoms with Gasteiger partial charge in [0.1, 0.15) is 11.6 Å². The molecule has 3 rings (SSSR count). The van der Waals surface area contributed by atoms with E-state index in [1.807, 2.05) is 24.3 Å². The van der Waals surface area contributed by atoms with Crippen LogP contribution >= 0.6 is 0 Å². The molecule has 1 unspecified atom stereocenters. The van der Waals surface area contributed by atoms with Crippen LogP contribution in [0.15, 0.2) is 42.7 Å². The zero-order valence-corrected chi connectivity index (χ0v) is 14.5. The summed E-state index contributed by atoms with van der Waals surface area (Å²) in [6.45, 7) is 0.563. The number of hydrogen-bond donors (Lipinski definition) is 1. The number of rotatable bonds is 5. The SMILES string of the molecule is COc1ccc(CC2CCCN2C(=O)O[C@@H](O)c2cncc(F)c2)cc1. The van der Waals surface area contributed by atoms with Crippen LogP contribution in [0.25, 0.3) is 0 Å². The summed E-state index contributed by atoms with van der Waals surface area (Å²) in [5.74, 6) is 0.180. The number of aliphatic hydroxyl groups is 1. The quantitative estimate of drug-likeness (QED) is 0.830. The Kier molecular flexibility index (Phi) is 5.68. The van der Waals surface area contributed by atoms with Crippen molar-refractivity contribution in [3.05, 3.63) is 59.7 Å². The Morgan fingerprint density at radius 2 is 2.15 bits per heavy atom. The second kappa shape index (κ2) is 8.14. The number of methoxy groups -OCH3 is 1. The number of aliphatic hydroxyl groups excluding tert-OH is 1. The highest BCUT2D eigenvalue weighted by Crippen LogP contribution is 2.25. The molecule has 0 radical (unpaired) electrons. The number of pyridine rings is 1. The van der Waals surface area contributed by atoms with E-state index in [1.165, 1.54) is 6.20 Å². The first-order valence-electron chi connectivity index (χ1n) is 8.45. The van der Waals surface area contributed by atoms with E-state index in [0.29, 0.717) is 13.0 Å². The van der Waals surface area contributed by atoms with E-state index in [4.69, 9.17) is 9.47 Å². The van der Waals surface area contributed by atoms with Crippen LogP contribution < -0.4 is 4.74 Å². The number of aromatic nitrogens is 1. The van der Waals surface area contributed by atoms with E-state index in [0.717, 1.165) is 36.4 Å². The van der Waals surface area contributed by atoms with Gasteiger partial charge in [0.2, 0.25) is 6.29 Å². The normalized spacial score (nSPS) is 17.8. The van der Waals surface area contributed by atoms with Crippen molar-refractivity contribution in [2.75, 3.05) is 13.7 Å². The average Bonchev–Trinajstić information content (AvgIpc) is 3.10. The Labute approximate surface area is 151 Å². The van der Waals surface area contributed by atoms with E-state index in [1.54, 1.807) is 12.0 Å². The highest BCUT2D eigenvalue weighted by Gasteiger charge is 2.31. The number of amides is 1. The highest BCUT2D eigenvalue weighted by atomic mass is 19.1. The fourth-order valence-electron chi connectivity index (χ4n) is 3.12. The summed E-state index contributed by atoms with van der Waals surface area (Å²) in [6.07, 6.45) is 2.54. The second-order valence-electron chi connectivity index (χ2n) is 6.21. The Bertz CT molecular complexity index is 753. The van der Waals surface area contributed by atoms with Crippen LogP contribution in [-0.4, -0.2) is 40.8 Å². The number of likely N-dealkylation sites (tertiary alicyclic amines) is 1. The van der Waals surface area contributed by atoms with Gasteiger partial charge in [-0.2, -0.15) is 0 Å². The molecule has 26 heavy (non-hydrogen) atoms. The van der Waals surface area contributed by atoms with Crippen LogP contribution in [0.2, 0.25) is 0 Å². The van der Waals surface area contributed by atoms with Crippen LogP contribution in [0, 0.1) is 5.82 Å². The molecule has 0 saturated carbocycles. The molecule has 2 atom stereocenters. The lowest BCUT2D eigenvalue weighted by atomic mass is 10.0. The van der Waals surface area contributed by atoms with Gasteiger partial charge < -0.3 is 19.5 Å². The molecular weight excluding hydrogens is 339 g/mol. The highest BCUT2D eigenvalue weighted by molar-refractivity contribution is 5.68. The van der Waals surface area contributed by atoms with Crippen molar-refractivity contribution >= 4 is 6.09 Å². The van der Waals surface area contributed by atoms with Crippen molar-refractivity contribution in [2.45, 2.75) is 31.6 Å². The Hall–Kier alpha value is -2.67. The first kappa shape index (κ1) is 18.1. The maximum absolute atomic E-state index is 13.2. The Balaban J connectivity index is 1.62. The maximum Gasteiger partial charge on any atom is 0.412 e. The summed E-state index contributed by atoms with van der Waals surface area (Å²) < 4.78 is 23.4. The van der Waals surface area contributed by atoms with Crippen molar-refractivity contribution in [2.24, 2.45) is 0 Å². The van der Waals surface area contributed by atoms with Crippen molar-refractivity contribution in [3.63, 3.8) is 0 Å². The van der Waals surface area contributed by atoms with Crippen LogP contribution in [0.3, 0.4) is 0 Å². The lowest BCUT2D eigenvalue weighted by Gasteiger charge is -2.25. The molecule has 1 aromatic heterocycles. The lowest BCUT2D eigenvalue weighted by molar-refractivity contribution is -0.0682. The summed E-state index contributed by atoms with van der Waals surface area (Å²) >= 11 is 0. The minimum atomic E-state index is -1.55. The van der Waals surface area contributed by atoms with Crippen molar-refractivity contribution < 1.29 is 23.8 Å². The van der Waals surface area contributed by atoms with Gasteiger partial charge in [0.25, 0.3) is 0 Å². The molecule has 1 aromatic carbocycles. The smallest absolute Gasteiger partial charge is 0.412 e. The van der Waals surface area contributed by atoms with Crippen LogP contribution in [0.4, 0.5) is 9.18 Å². The zero-order chi connectivity index (χ0) is 18.5. The number of hydrogen-bond acceptors (Lipinski definition) is 5. The zero-order valence-electron chi connectivity index (χ0n) is 14.5. The molecule has 2 heterocycles.